The Bertz CT molecular complexity index is 542. The number of halogens is 2. The van der Waals surface area contributed by atoms with Crippen LogP contribution in [0.1, 0.15) is 19.2 Å². The molecule has 19 heavy (non-hydrogen) atoms. The lowest BCUT2D eigenvalue weighted by molar-refractivity contribution is 0.492. The van der Waals surface area contributed by atoms with E-state index in [1.54, 1.807) is 18.3 Å². The summed E-state index contributed by atoms with van der Waals surface area (Å²) in [6.07, 6.45) is 3.40. The van der Waals surface area contributed by atoms with Crippen molar-refractivity contribution in [3.8, 4) is 11.3 Å². The lowest BCUT2D eigenvalue weighted by Crippen LogP contribution is -2.14. The van der Waals surface area contributed by atoms with Gasteiger partial charge in [-0.1, -0.05) is 6.92 Å². The summed E-state index contributed by atoms with van der Waals surface area (Å²) in [5.41, 5.74) is 0.700. The van der Waals surface area contributed by atoms with E-state index in [1.165, 1.54) is 6.07 Å². The molecule has 0 radical (unpaired) electrons. The largest absolute Gasteiger partial charge is 0.441 e. The van der Waals surface area contributed by atoms with Crippen LogP contribution < -0.4 is 5.32 Å². The molecule has 5 heteroatoms. The minimum atomic E-state index is -0.303. The number of rotatable bonds is 6. The molecule has 0 spiro atoms. The smallest absolute Gasteiger partial charge is 0.194 e. The van der Waals surface area contributed by atoms with E-state index in [1.807, 2.05) is 0 Å². The first-order valence-corrected chi connectivity index (χ1v) is 7.11. The molecule has 0 aliphatic heterocycles. The van der Waals surface area contributed by atoms with Crippen molar-refractivity contribution in [2.45, 2.75) is 19.8 Å². The Kier molecular flexibility index (Phi) is 5.10. The van der Waals surface area contributed by atoms with Gasteiger partial charge >= 0.3 is 0 Å². The highest BCUT2D eigenvalue weighted by molar-refractivity contribution is 9.10. The van der Waals surface area contributed by atoms with Gasteiger partial charge in [-0.2, -0.15) is 0 Å². The summed E-state index contributed by atoms with van der Waals surface area (Å²) >= 11 is 3.13. The molecule has 102 valence electrons. The molecular weight excluding hydrogens is 311 g/mol. The van der Waals surface area contributed by atoms with Crippen molar-refractivity contribution in [1.82, 2.24) is 10.3 Å². The molecule has 1 aromatic carbocycles. The van der Waals surface area contributed by atoms with Gasteiger partial charge in [0.15, 0.2) is 11.7 Å². The number of aryl methyl sites for hydroxylation is 1. The maximum atomic E-state index is 13.4. The fraction of sp³-hybridized carbons (Fsp3) is 0.357. The maximum Gasteiger partial charge on any atom is 0.194 e. The van der Waals surface area contributed by atoms with E-state index >= 15 is 0 Å². The van der Waals surface area contributed by atoms with Gasteiger partial charge in [-0.3, -0.25) is 0 Å². The van der Waals surface area contributed by atoms with E-state index in [0.29, 0.717) is 21.7 Å². The Morgan fingerprint density at radius 1 is 1.42 bits per heavy atom. The predicted octanol–water partition coefficient (Wildman–Crippen LogP) is 3.79. The summed E-state index contributed by atoms with van der Waals surface area (Å²) < 4.78 is 19.5. The molecule has 1 N–H and O–H groups in total. The Morgan fingerprint density at radius 3 is 3.00 bits per heavy atom. The van der Waals surface area contributed by atoms with Crippen molar-refractivity contribution < 1.29 is 8.81 Å². The molecule has 0 saturated heterocycles. The Morgan fingerprint density at radius 2 is 2.26 bits per heavy atom. The molecule has 0 atom stereocenters. The van der Waals surface area contributed by atoms with Crippen molar-refractivity contribution in [2.24, 2.45) is 0 Å². The summed E-state index contributed by atoms with van der Waals surface area (Å²) in [4.78, 5) is 4.21. The van der Waals surface area contributed by atoms with Gasteiger partial charge in [0.25, 0.3) is 0 Å². The molecule has 0 unspecified atom stereocenters. The summed E-state index contributed by atoms with van der Waals surface area (Å²) in [5, 5.41) is 3.25. The van der Waals surface area contributed by atoms with Gasteiger partial charge in [-0.15, -0.1) is 0 Å². The second-order valence-electron chi connectivity index (χ2n) is 4.20. The molecule has 0 fully saturated rings. The number of nitrogens with one attached hydrogen (secondary N) is 1. The third-order valence-electron chi connectivity index (χ3n) is 2.75. The summed E-state index contributed by atoms with van der Waals surface area (Å²) in [6, 6.07) is 4.90. The molecule has 0 bridgehead atoms. The van der Waals surface area contributed by atoms with E-state index in [9.17, 15) is 4.39 Å². The number of benzene rings is 1. The molecule has 0 aliphatic rings. The fourth-order valence-corrected chi connectivity index (χ4v) is 2.00. The molecule has 1 heterocycles. The first kappa shape index (κ1) is 14.2. The van der Waals surface area contributed by atoms with Crippen molar-refractivity contribution in [2.75, 3.05) is 13.1 Å². The first-order valence-electron chi connectivity index (χ1n) is 6.31. The SMILES string of the molecule is CCNCCCc1ncc(-c2ccc(Br)c(F)c2)o1. The van der Waals surface area contributed by atoms with Crippen LogP contribution in [0.15, 0.2) is 33.3 Å². The molecular formula is C14H16BrFN2O. The van der Waals surface area contributed by atoms with E-state index in [0.717, 1.165) is 25.9 Å². The Hall–Kier alpha value is -1.20. The Balaban J connectivity index is 2.01. The van der Waals surface area contributed by atoms with Crippen LogP contribution in [0.5, 0.6) is 0 Å². The van der Waals surface area contributed by atoms with Gasteiger partial charge in [0, 0.05) is 12.0 Å². The third kappa shape index (κ3) is 3.88. The zero-order chi connectivity index (χ0) is 13.7. The second-order valence-corrected chi connectivity index (χ2v) is 5.06. The van der Waals surface area contributed by atoms with Crippen LogP contribution in [0.2, 0.25) is 0 Å². The summed E-state index contributed by atoms with van der Waals surface area (Å²) in [5.74, 6) is 0.990. The molecule has 2 rings (SSSR count). The highest BCUT2D eigenvalue weighted by Gasteiger charge is 2.08. The average Bonchev–Trinajstić information content (AvgIpc) is 2.87. The minimum absolute atomic E-state index is 0.303. The standard InChI is InChI=1S/C14H16BrFN2O/c1-2-17-7-3-4-14-18-9-13(19-14)10-5-6-11(15)12(16)8-10/h5-6,8-9,17H,2-4,7H2,1H3. The highest BCUT2D eigenvalue weighted by atomic mass is 79.9. The zero-order valence-corrected chi connectivity index (χ0v) is 12.3. The van der Waals surface area contributed by atoms with E-state index in [-0.39, 0.29) is 5.82 Å². The van der Waals surface area contributed by atoms with E-state index in [4.69, 9.17) is 4.42 Å². The number of aromatic nitrogens is 1. The molecule has 0 aliphatic carbocycles. The van der Waals surface area contributed by atoms with Crippen LogP contribution in [0.3, 0.4) is 0 Å². The maximum absolute atomic E-state index is 13.4. The van der Waals surface area contributed by atoms with Crippen LogP contribution in [0.25, 0.3) is 11.3 Å². The number of hydrogen-bond acceptors (Lipinski definition) is 3. The van der Waals surface area contributed by atoms with Crippen molar-refractivity contribution in [3.05, 3.63) is 40.6 Å². The predicted molar refractivity (Wildman–Crippen MR) is 76.5 cm³/mol. The number of nitrogens with zero attached hydrogens (tertiary/aromatic N) is 1. The minimum Gasteiger partial charge on any atom is -0.441 e. The quantitative estimate of drug-likeness (QED) is 0.821. The van der Waals surface area contributed by atoms with E-state index in [2.05, 4.69) is 33.2 Å². The van der Waals surface area contributed by atoms with E-state index < -0.39 is 0 Å². The topological polar surface area (TPSA) is 38.1 Å². The zero-order valence-electron chi connectivity index (χ0n) is 10.7. The molecule has 0 saturated carbocycles. The van der Waals surface area contributed by atoms with Crippen molar-refractivity contribution in [1.29, 1.82) is 0 Å². The lowest BCUT2D eigenvalue weighted by atomic mass is 10.2. The molecule has 1 aromatic heterocycles. The van der Waals surface area contributed by atoms with Crippen LogP contribution in [-0.4, -0.2) is 18.1 Å². The highest BCUT2D eigenvalue weighted by Crippen LogP contribution is 2.25. The lowest BCUT2D eigenvalue weighted by Gasteiger charge is -1.99. The second kappa shape index (κ2) is 6.82. The van der Waals surface area contributed by atoms with Gasteiger partial charge in [0.2, 0.25) is 0 Å². The van der Waals surface area contributed by atoms with Crippen LogP contribution in [-0.2, 0) is 6.42 Å². The summed E-state index contributed by atoms with van der Waals surface area (Å²) in [6.45, 7) is 3.99. The van der Waals surface area contributed by atoms with Gasteiger partial charge in [0.1, 0.15) is 5.82 Å². The van der Waals surface area contributed by atoms with Crippen molar-refractivity contribution in [3.63, 3.8) is 0 Å². The van der Waals surface area contributed by atoms with Gasteiger partial charge in [0.05, 0.1) is 10.7 Å². The Labute approximate surface area is 120 Å². The van der Waals surface area contributed by atoms with Crippen LogP contribution >= 0.6 is 15.9 Å². The van der Waals surface area contributed by atoms with Gasteiger partial charge in [-0.25, -0.2) is 9.37 Å². The van der Waals surface area contributed by atoms with Crippen LogP contribution in [0, 0.1) is 5.82 Å². The molecule has 0 amide bonds. The van der Waals surface area contributed by atoms with Crippen LogP contribution in [0.4, 0.5) is 4.39 Å². The van der Waals surface area contributed by atoms with Crippen molar-refractivity contribution >= 4 is 15.9 Å². The fourth-order valence-electron chi connectivity index (χ4n) is 1.75. The average molecular weight is 327 g/mol. The number of oxazole rings is 1. The van der Waals surface area contributed by atoms with Gasteiger partial charge in [-0.05, 0) is 53.6 Å². The summed E-state index contributed by atoms with van der Waals surface area (Å²) in [7, 11) is 0. The molecule has 3 nitrogen and oxygen atoms in total. The normalized spacial score (nSPS) is 10.9. The molecule has 2 aromatic rings. The monoisotopic (exact) mass is 326 g/mol. The van der Waals surface area contributed by atoms with Gasteiger partial charge < -0.3 is 9.73 Å². The third-order valence-corrected chi connectivity index (χ3v) is 3.39. The number of hydrogen-bond donors (Lipinski definition) is 1. The first-order chi connectivity index (χ1) is 9.20.